The molecule has 2 aromatic rings. The molecule has 4 nitrogen and oxygen atoms in total. The minimum Gasteiger partial charge on any atom is -0.334 e. The predicted molar refractivity (Wildman–Crippen MR) is 111 cm³/mol. The van der Waals surface area contributed by atoms with Gasteiger partial charge in [0.2, 0.25) is 0 Å². The fourth-order valence-electron chi connectivity index (χ4n) is 4.94. The summed E-state index contributed by atoms with van der Waals surface area (Å²) in [6, 6.07) is 10.9. The van der Waals surface area contributed by atoms with Crippen LogP contribution in [0.5, 0.6) is 0 Å². The molecule has 4 rings (SSSR count). The Balaban J connectivity index is 1.20. The standard InChI is InChI=1S/C23H34N4/c1-2-27-17-12-24-23(27)19-26-14-9-21(10-15-26)22-11-16-25(18-22)13-8-20-6-4-3-5-7-20/h3-7,12,17,21-22H,2,8-11,13-16,18-19H2,1H3. The predicted octanol–water partition coefficient (Wildman–Crippen LogP) is 3.68. The van der Waals surface area contributed by atoms with E-state index in [0.717, 1.165) is 24.9 Å². The molecule has 2 fully saturated rings. The van der Waals surface area contributed by atoms with E-state index < -0.39 is 0 Å². The Bertz CT molecular complexity index is 687. The molecular formula is C23H34N4. The molecule has 0 aliphatic carbocycles. The molecule has 0 N–H and O–H groups in total. The monoisotopic (exact) mass is 366 g/mol. The average Bonchev–Trinajstić information content (AvgIpc) is 3.37. The van der Waals surface area contributed by atoms with Gasteiger partial charge in [0.15, 0.2) is 0 Å². The lowest BCUT2D eigenvalue weighted by Crippen LogP contribution is -2.37. The highest BCUT2D eigenvalue weighted by Crippen LogP contribution is 2.32. The van der Waals surface area contributed by atoms with E-state index in [1.807, 2.05) is 6.20 Å². The third-order valence-corrected chi connectivity index (χ3v) is 6.67. The Kier molecular flexibility index (Phi) is 6.25. The molecule has 146 valence electrons. The van der Waals surface area contributed by atoms with Crippen LogP contribution in [-0.4, -0.2) is 52.1 Å². The van der Waals surface area contributed by atoms with Crippen LogP contribution < -0.4 is 0 Å². The first kappa shape index (κ1) is 18.7. The maximum atomic E-state index is 4.55. The van der Waals surface area contributed by atoms with Gasteiger partial charge in [0.05, 0.1) is 6.54 Å². The smallest absolute Gasteiger partial charge is 0.122 e. The van der Waals surface area contributed by atoms with Gasteiger partial charge < -0.3 is 9.47 Å². The maximum Gasteiger partial charge on any atom is 0.122 e. The highest BCUT2D eigenvalue weighted by atomic mass is 15.2. The number of aromatic nitrogens is 2. The summed E-state index contributed by atoms with van der Waals surface area (Å²) in [7, 11) is 0. The summed E-state index contributed by atoms with van der Waals surface area (Å²) in [6.45, 7) is 10.5. The van der Waals surface area contributed by atoms with Crippen molar-refractivity contribution in [1.29, 1.82) is 0 Å². The van der Waals surface area contributed by atoms with Gasteiger partial charge in [-0.3, -0.25) is 4.90 Å². The number of hydrogen-bond donors (Lipinski definition) is 0. The van der Waals surface area contributed by atoms with Crippen LogP contribution in [0.4, 0.5) is 0 Å². The molecule has 1 aromatic carbocycles. The van der Waals surface area contributed by atoms with Gasteiger partial charge in [0, 0.05) is 32.0 Å². The van der Waals surface area contributed by atoms with Gasteiger partial charge in [0.1, 0.15) is 5.82 Å². The third-order valence-electron chi connectivity index (χ3n) is 6.67. The summed E-state index contributed by atoms with van der Waals surface area (Å²) in [4.78, 5) is 9.85. The molecule has 0 bridgehead atoms. The highest BCUT2D eigenvalue weighted by molar-refractivity contribution is 5.14. The lowest BCUT2D eigenvalue weighted by molar-refractivity contribution is 0.138. The lowest BCUT2D eigenvalue weighted by Gasteiger charge is -2.34. The first-order valence-corrected chi connectivity index (χ1v) is 10.8. The minimum atomic E-state index is 0.917. The van der Waals surface area contributed by atoms with Gasteiger partial charge in [-0.1, -0.05) is 30.3 Å². The zero-order chi connectivity index (χ0) is 18.5. The van der Waals surface area contributed by atoms with Crippen LogP contribution in [0.15, 0.2) is 42.7 Å². The Hall–Kier alpha value is -1.65. The number of rotatable bonds is 7. The topological polar surface area (TPSA) is 24.3 Å². The van der Waals surface area contributed by atoms with Crippen LogP contribution in [0.2, 0.25) is 0 Å². The van der Waals surface area contributed by atoms with Crippen LogP contribution in [0, 0.1) is 11.8 Å². The first-order chi connectivity index (χ1) is 13.3. The van der Waals surface area contributed by atoms with Crippen molar-refractivity contribution in [2.24, 2.45) is 11.8 Å². The maximum absolute atomic E-state index is 4.55. The lowest BCUT2D eigenvalue weighted by atomic mass is 9.84. The van der Waals surface area contributed by atoms with Gasteiger partial charge in [-0.25, -0.2) is 4.98 Å². The summed E-state index contributed by atoms with van der Waals surface area (Å²) in [5, 5.41) is 0. The quantitative estimate of drug-likeness (QED) is 0.747. The number of imidazole rings is 1. The molecule has 2 saturated heterocycles. The van der Waals surface area contributed by atoms with E-state index in [4.69, 9.17) is 0 Å². The van der Waals surface area contributed by atoms with E-state index >= 15 is 0 Å². The SMILES string of the molecule is CCn1ccnc1CN1CCC(C2CCN(CCc3ccccc3)C2)CC1. The van der Waals surface area contributed by atoms with Gasteiger partial charge in [-0.2, -0.15) is 0 Å². The normalized spacial score (nSPS) is 22.5. The van der Waals surface area contributed by atoms with Crippen LogP contribution in [-0.2, 0) is 19.5 Å². The summed E-state index contributed by atoms with van der Waals surface area (Å²) >= 11 is 0. The van der Waals surface area contributed by atoms with Crippen molar-refractivity contribution in [1.82, 2.24) is 19.4 Å². The zero-order valence-electron chi connectivity index (χ0n) is 16.8. The first-order valence-electron chi connectivity index (χ1n) is 10.8. The van der Waals surface area contributed by atoms with Crippen molar-refractivity contribution >= 4 is 0 Å². The molecule has 2 aliphatic heterocycles. The van der Waals surface area contributed by atoms with Crippen molar-refractivity contribution < 1.29 is 0 Å². The van der Waals surface area contributed by atoms with E-state index in [9.17, 15) is 0 Å². The van der Waals surface area contributed by atoms with Crippen LogP contribution >= 0.6 is 0 Å². The van der Waals surface area contributed by atoms with E-state index in [1.54, 1.807) is 0 Å². The van der Waals surface area contributed by atoms with E-state index in [1.165, 1.54) is 69.8 Å². The van der Waals surface area contributed by atoms with Crippen LogP contribution in [0.25, 0.3) is 0 Å². The van der Waals surface area contributed by atoms with Crippen molar-refractivity contribution in [3.8, 4) is 0 Å². The number of benzene rings is 1. The molecule has 0 spiro atoms. The van der Waals surface area contributed by atoms with Crippen molar-refractivity contribution in [3.63, 3.8) is 0 Å². The molecule has 3 heterocycles. The molecule has 0 radical (unpaired) electrons. The Morgan fingerprint density at radius 1 is 0.963 bits per heavy atom. The Morgan fingerprint density at radius 3 is 2.48 bits per heavy atom. The van der Waals surface area contributed by atoms with E-state index in [-0.39, 0.29) is 0 Å². The number of likely N-dealkylation sites (tertiary alicyclic amines) is 2. The molecule has 27 heavy (non-hydrogen) atoms. The van der Waals surface area contributed by atoms with Gasteiger partial charge in [0.25, 0.3) is 0 Å². The van der Waals surface area contributed by atoms with Crippen LogP contribution in [0.3, 0.4) is 0 Å². The molecular weight excluding hydrogens is 332 g/mol. The number of aryl methyl sites for hydroxylation is 1. The fourth-order valence-corrected chi connectivity index (χ4v) is 4.94. The minimum absolute atomic E-state index is 0.917. The molecule has 4 heteroatoms. The summed E-state index contributed by atoms with van der Waals surface area (Å²) in [6.07, 6.45) is 9.36. The second-order valence-corrected chi connectivity index (χ2v) is 8.33. The van der Waals surface area contributed by atoms with Gasteiger partial charge in [-0.15, -0.1) is 0 Å². The van der Waals surface area contributed by atoms with E-state index in [2.05, 4.69) is 62.8 Å². The summed E-state index contributed by atoms with van der Waals surface area (Å²) in [5.74, 6) is 3.07. The van der Waals surface area contributed by atoms with Crippen molar-refractivity contribution in [3.05, 3.63) is 54.1 Å². The van der Waals surface area contributed by atoms with Gasteiger partial charge in [-0.05, 0) is 69.6 Å². The molecule has 1 aromatic heterocycles. The summed E-state index contributed by atoms with van der Waals surface area (Å²) in [5.41, 5.74) is 1.47. The molecule has 1 unspecified atom stereocenters. The Labute approximate surface area is 164 Å². The molecule has 0 amide bonds. The Morgan fingerprint density at radius 2 is 1.70 bits per heavy atom. The zero-order valence-corrected chi connectivity index (χ0v) is 16.8. The van der Waals surface area contributed by atoms with Crippen molar-refractivity contribution in [2.75, 3.05) is 32.7 Å². The van der Waals surface area contributed by atoms with Crippen molar-refractivity contribution in [2.45, 2.75) is 45.7 Å². The average molecular weight is 367 g/mol. The second kappa shape index (κ2) is 9.03. The second-order valence-electron chi connectivity index (χ2n) is 8.33. The van der Waals surface area contributed by atoms with Gasteiger partial charge >= 0.3 is 0 Å². The molecule has 0 saturated carbocycles. The number of piperidine rings is 1. The number of nitrogens with zero attached hydrogens (tertiary/aromatic N) is 4. The largest absolute Gasteiger partial charge is 0.334 e. The van der Waals surface area contributed by atoms with Crippen LogP contribution in [0.1, 0.15) is 37.6 Å². The molecule has 1 atom stereocenters. The number of hydrogen-bond acceptors (Lipinski definition) is 3. The van der Waals surface area contributed by atoms with E-state index in [0.29, 0.717) is 0 Å². The highest BCUT2D eigenvalue weighted by Gasteiger charge is 2.31. The third kappa shape index (κ3) is 4.80. The fraction of sp³-hybridized carbons (Fsp3) is 0.609. The summed E-state index contributed by atoms with van der Waals surface area (Å²) < 4.78 is 2.27. The molecule has 2 aliphatic rings.